The predicted octanol–water partition coefficient (Wildman–Crippen LogP) is 3.00. The van der Waals surface area contributed by atoms with Gasteiger partial charge in [0.25, 0.3) is 0 Å². The van der Waals surface area contributed by atoms with Crippen molar-refractivity contribution in [1.29, 1.82) is 0 Å². The molecule has 13 heavy (non-hydrogen) atoms. The molecule has 1 N–H and O–H groups in total. The summed E-state index contributed by atoms with van der Waals surface area (Å²) in [6, 6.07) is 8.71. The van der Waals surface area contributed by atoms with E-state index in [2.05, 4.69) is 13.5 Å². The Balaban J connectivity index is 0.000000132. The fourth-order valence-electron chi connectivity index (χ4n) is 0.535. The number of nitrogens with zero attached hydrogens (tertiary/aromatic N) is 3. The van der Waals surface area contributed by atoms with Crippen LogP contribution in [0, 0.1) is 0 Å². The molecule has 0 atom stereocenters. The average molecular weight is 229 g/mol. The van der Waals surface area contributed by atoms with Crippen LogP contribution in [-0.2, 0) is 0 Å². The minimum Gasteiger partial charge on any atom is -0.508 e. The lowest BCUT2D eigenvalue weighted by molar-refractivity contribution is 0.475. The molecule has 2 aromatic rings. The van der Waals surface area contributed by atoms with Gasteiger partial charge in [0.1, 0.15) is 5.75 Å². The minimum absolute atomic E-state index is 0.322. The highest BCUT2D eigenvalue weighted by Gasteiger charge is 1.74. The lowest BCUT2D eigenvalue weighted by Crippen LogP contribution is -1.56. The zero-order valence-corrected chi connectivity index (χ0v) is 9.20. The van der Waals surface area contributed by atoms with Gasteiger partial charge in [-0.1, -0.05) is 18.2 Å². The molecule has 0 unspecified atom stereocenters. The molecule has 66 valence electrons. The summed E-state index contributed by atoms with van der Waals surface area (Å²) in [5, 5.41) is 8.63. The fraction of sp³-hybridized carbons (Fsp3) is 0. The van der Waals surface area contributed by atoms with Crippen molar-refractivity contribution in [3.8, 4) is 5.75 Å². The van der Waals surface area contributed by atoms with Crippen LogP contribution in [0.5, 0.6) is 5.75 Å². The Hall–Kier alpha value is -0.680. The Bertz CT molecular complexity index is 294. The Morgan fingerprint density at radius 1 is 0.846 bits per heavy atom. The van der Waals surface area contributed by atoms with Gasteiger partial charge in [-0.3, -0.25) is 0 Å². The fourth-order valence-corrected chi connectivity index (χ4v) is 2.36. The van der Waals surface area contributed by atoms with E-state index in [0.717, 1.165) is 25.5 Å². The van der Waals surface area contributed by atoms with Crippen LogP contribution in [0.15, 0.2) is 30.3 Å². The Kier molecular flexibility index (Phi) is 5.44. The lowest BCUT2D eigenvalue weighted by Gasteiger charge is -1.82. The smallest absolute Gasteiger partial charge is 0.166 e. The van der Waals surface area contributed by atoms with E-state index in [1.807, 2.05) is 6.07 Å². The van der Waals surface area contributed by atoms with Crippen molar-refractivity contribution in [2.45, 2.75) is 0 Å². The van der Waals surface area contributed by atoms with Crippen LogP contribution in [0.25, 0.3) is 0 Å². The Morgan fingerprint density at radius 3 is 1.54 bits per heavy atom. The number of hydrogen-bond acceptors (Lipinski definition) is 4. The number of hydrogen-bond donors (Lipinski definition) is 1. The third kappa shape index (κ3) is 5.54. The van der Waals surface area contributed by atoms with Crippen molar-refractivity contribution in [3.63, 3.8) is 0 Å². The Morgan fingerprint density at radius 2 is 1.31 bits per heavy atom. The second-order valence-corrected chi connectivity index (χ2v) is 4.56. The summed E-state index contributed by atoms with van der Waals surface area (Å²) in [4.78, 5) is 0. The highest BCUT2D eigenvalue weighted by Crippen LogP contribution is 2.02. The van der Waals surface area contributed by atoms with Gasteiger partial charge >= 0.3 is 0 Å². The first kappa shape index (κ1) is 10.4. The van der Waals surface area contributed by atoms with Crippen molar-refractivity contribution in [2.24, 2.45) is 0 Å². The molecule has 1 heterocycles. The summed E-state index contributed by atoms with van der Waals surface area (Å²) >= 11 is 0. The molecule has 0 fully saturated rings. The topological polar surface area (TPSA) is 58.9 Å². The highest BCUT2D eigenvalue weighted by atomic mass is 31.1. The molecule has 0 aliphatic rings. The molecule has 2 rings (SSSR count). The molecule has 7 heteroatoms. The number of phenolic OH excluding ortho intramolecular Hbond substituents is 1. The quantitative estimate of drug-likeness (QED) is 0.754. The van der Waals surface area contributed by atoms with E-state index in [-0.39, 0.29) is 0 Å². The van der Waals surface area contributed by atoms with E-state index in [4.69, 9.17) is 5.11 Å². The standard InChI is InChI=1S/C6H6O.N3P3/c7-6-4-2-1-3-5-6;1-4-2-6-3-5-1/h1-5,7H;. The summed E-state index contributed by atoms with van der Waals surface area (Å²) in [7, 11) is 2.49. The lowest BCUT2D eigenvalue weighted by atomic mass is 10.3. The number of phenols is 1. The van der Waals surface area contributed by atoms with E-state index >= 15 is 0 Å². The Labute approximate surface area is 80.8 Å². The molecule has 4 nitrogen and oxygen atoms in total. The maximum atomic E-state index is 8.63. The molecule has 1 aromatic carbocycles. The number of rotatable bonds is 0. The molecule has 0 radical (unpaired) electrons. The van der Waals surface area contributed by atoms with E-state index in [9.17, 15) is 0 Å². The van der Waals surface area contributed by atoms with Gasteiger partial charge in [-0.05, 0) is 12.1 Å². The minimum atomic E-state index is 0.322. The van der Waals surface area contributed by atoms with Gasteiger partial charge in [-0.25, -0.2) is 0 Å². The number of para-hydroxylation sites is 1. The van der Waals surface area contributed by atoms with Crippen molar-refractivity contribution in [2.75, 3.05) is 0 Å². The summed E-state index contributed by atoms with van der Waals surface area (Å²) in [5.74, 6) is 0.322. The SMILES string of the molecule is Oc1ccccc1.n1pnpnp1. The largest absolute Gasteiger partial charge is 0.508 e. The van der Waals surface area contributed by atoms with E-state index < -0.39 is 0 Å². The molecular formula is C6H6N3OP3. The van der Waals surface area contributed by atoms with Gasteiger partial charge in [-0.15, -0.1) is 0 Å². The summed E-state index contributed by atoms with van der Waals surface area (Å²) in [6.07, 6.45) is 0. The predicted molar refractivity (Wildman–Crippen MR) is 55.5 cm³/mol. The number of benzene rings is 1. The molecule has 0 aliphatic carbocycles. The van der Waals surface area contributed by atoms with Gasteiger partial charge in [0.05, 0.1) is 0 Å². The molecule has 0 bridgehead atoms. The van der Waals surface area contributed by atoms with Crippen LogP contribution in [0.4, 0.5) is 0 Å². The van der Waals surface area contributed by atoms with Crippen LogP contribution in [-0.4, -0.2) is 18.6 Å². The third-order valence-corrected chi connectivity index (χ3v) is 2.92. The van der Waals surface area contributed by atoms with Gasteiger partial charge in [0.2, 0.25) is 0 Å². The first-order chi connectivity index (χ1) is 6.39. The molecule has 0 amide bonds. The van der Waals surface area contributed by atoms with Crippen LogP contribution < -0.4 is 0 Å². The van der Waals surface area contributed by atoms with Crippen molar-refractivity contribution in [3.05, 3.63) is 30.3 Å². The second-order valence-electron chi connectivity index (χ2n) is 1.87. The zero-order chi connectivity index (χ0) is 9.36. The highest BCUT2D eigenvalue weighted by molar-refractivity contribution is 7.43. The normalized spacial score (nSPS) is 10.2. The van der Waals surface area contributed by atoms with Crippen LogP contribution in [0.3, 0.4) is 0 Å². The van der Waals surface area contributed by atoms with Crippen molar-refractivity contribution >= 4 is 25.5 Å². The zero-order valence-electron chi connectivity index (χ0n) is 6.52. The van der Waals surface area contributed by atoms with Crippen LogP contribution in [0.2, 0.25) is 0 Å². The van der Waals surface area contributed by atoms with E-state index in [0.29, 0.717) is 5.75 Å². The third-order valence-electron chi connectivity index (χ3n) is 0.996. The maximum Gasteiger partial charge on any atom is 0.166 e. The monoisotopic (exact) mass is 229 g/mol. The molecule has 0 spiro atoms. The summed E-state index contributed by atoms with van der Waals surface area (Å²) in [6.45, 7) is 0. The number of aromatic hydroxyl groups is 1. The van der Waals surface area contributed by atoms with E-state index in [1.54, 1.807) is 24.3 Å². The molecule has 1 aromatic heterocycles. The first-order valence-corrected chi connectivity index (χ1v) is 5.73. The van der Waals surface area contributed by atoms with Gasteiger partial charge < -0.3 is 5.11 Å². The summed E-state index contributed by atoms with van der Waals surface area (Å²) in [5.41, 5.74) is 0. The number of aromatic nitrogens is 3. The van der Waals surface area contributed by atoms with Crippen LogP contribution >= 0.6 is 25.5 Å². The first-order valence-electron chi connectivity index (χ1n) is 3.33. The van der Waals surface area contributed by atoms with Crippen molar-refractivity contribution < 1.29 is 5.11 Å². The van der Waals surface area contributed by atoms with Crippen LogP contribution in [0.1, 0.15) is 0 Å². The molecule has 0 aliphatic heterocycles. The molecule has 0 saturated carbocycles. The molecule has 0 saturated heterocycles. The van der Waals surface area contributed by atoms with Gasteiger partial charge in [-0.2, -0.15) is 13.5 Å². The maximum absolute atomic E-state index is 8.63. The average Bonchev–Trinajstić information content (AvgIpc) is 2.22. The summed E-state index contributed by atoms with van der Waals surface area (Å²) < 4.78 is 11.3. The van der Waals surface area contributed by atoms with Gasteiger partial charge in [0.15, 0.2) is 25.5 Å². The van der Waals surface area contributed by atoms with Gasteiger partial charge in [0, 0.05) is 0 Å². The molecular weight excluding hydrogens is 223 g/mol. The van der Waals surface area contributed by atoms with E-state index in [1.165, 1.54) is 0 Å². The van der Waals surface area contributed by atoms with Crippen molar-refractivity contribution in [1.82, 2.24) is 13.5 Å². The second kappa shape index (κ2) is 6.80.